The van der Waals surface area contributed by atoms with Crippen molar-refractivity contribution in [1.82, 2.24) is 0 Å². The molecule has 2 heterocycles. The van der Waals surface area contributed by atoms with Crippen molar-refractivity contribution < 1.29 is 33.5 Å². The third-order valence-electron chi connectivity index (χ3n) is 4.96. The maximum absolute atomic E-state index is 12.6. The normalized spacial score (nSPS) is 14.6. The van der Waals surface area contributed by atoms with E-state index in [4.69, 9.17) is 19.9 Å². The number of nitrogens with two attached hydrogens (primary N) is 1. The first-order valence-corrected chi connectivity index (χ1v) is 10.1. The van der Waals surface area contributed by atoms with Crippen LogP contribution in [-0.2, 0) is 22.4 Å². The lowest BCUT2D eigenvalue weighted by molar-refractivity contribution is -0.385. The van der Waals surface area contributed by atoms with Gasteiger partial charge in [-0.25, -0.2) is 4.79 Å². The van der Waals surface area contributed by atoms with E-state index in [0.29, 0.717) is 11.4 Å². The van der Waals surface area contributed by atoms with Gasteiger partial charge in [0.05, 0.1) is 16.6 Å². The number of thiophene rings is 1. The molecule has 1 aliphatic carbocycles. The second kappa shape index (κ2) is 7.87. The van der Waals surface area contributed by atoms with Crippen LogP contribution in [0.3, 0.4) is 0 Å². The molecule has 31 heavy (non-hydrogen) atoms. The number of benzene rings is 1. The molecule has 0 spiro atoms. The zero-order valence-corrected chi connectivity index (χ0v) is 17.1. The molecule has 2 amide bonds. The fourth-order valence-electron chi connectivity index (χ4n) is 3.49. The number of hydrogen-bond donors (Lipinski definition) is 2. The Morgan fingerprint density at radius 1 is 1.26 bits per heavy atom. The largest absolute Gasteiger partial charge is 0.454 e. The van der Waals surface area contributed by atoms with Crippen molar-refractivity contribution in [1.29, 1.82) is 0 Å². The number of nitrogens with zero attached hydrogens (tertiary/aromatic N) is 1. The first kappa shape index (κ1) is 20.6. The van der Waals surface area contributed by atoms with Crippen molar-refractivity contribution in [3.05, 3.63) is 43.8 Å². The highest BCUT2D eigenvalue weighted by Crippen LogP contribution is 2.40. The van der Waals surface area contributed by atoms with E-state index in [0.717, 1.165) is 35.4 Å². The van der Waals surface area contributed by atoms with Crippen molar-refractivity contribution in [2.24, 2.45) is 5.73 Å². The number of carbonyl (C=O) groups is 3. The number of fused-ring (bicyclic) bond motifs is 2. The van der Waals surface area contributed by atoms with Gasteiger partial charge in [0.2, 0.25) is 6.79 Å². The molecule has 4 rings (SSSR count). The quantitative estimate of drug-likeness (QED) is 0.387. The van der Waals surface area contributed by atoms with E-state index in [1.807, 2.05) is 0 Å². The van der Waals surface area contributed by atoms with Crippen LogP contribution in [-0.4, -0.2) is 35.6 Å². The van der Waals surface area contributed by atoms with Crippen LogP contribution < -0.4 is 20.5 Å². The molecule has 162 valence electrons. The summed E-state index contributed by atoms with van der Waals surface area (Å²) in [7, 11) is 0. The Labute approximate surface area is 179 Å². The molecule has 3 N–H and O–H groups in total. The molecule has 0 saturated carbocycles. The monoisotopic (exact) mass is 447 g/mol. The van der Waals surface area contributed by atoms with Gasteiger partial charge in [-0.1, -0.05) is 0 Å². The molecule has 1 aromatic heterocycles. The lowest BCUT2D eigenvalue weighted by Gasteiger charge is -2.14. The number of rotatable bonds is 6. The minimum atomic E-state index is -1.30. The molecule has 1 aromatic carbocycles. The van der Waals surface area contributed by atoms with Gasteiger partial charge in [-0.05, 0) is 31.7 Å². The third kappa shape index (κ3) is 3.77. The van der Waals surface area contributed by atoms with Crippen LogP contribution >= 0.6 is 11.3 Å². The van der Waals surface area contributed by atoms with Gasteiger partial charge in [-0.3, -0.25) is 19.7 Å². The second-order valence-electron chi connectivity index (χ2n) is 6.94. The first-order chi connectivity index (χ1) is 14.8. The zero-order chi connectivity index (χ0) is 22.3. The Hall–Kier alpha value is -3.67. The smallest absolute Gasteiger partial charge is 0.346 e. The number of nitro benzene ring substituents is 1. The van der Waals surface area contributed by atoms with Gasteiger partial charge in [-0.2, -0.15) is 0 Å². The summed E-state index contributed by atoms with van der Waals surface area (Å²) in [6.07, 6.45) is 1.13. The summed E-state index contributed by atoms with van der Waals surface area (Å²) in [5, 5.41) is 14.2. The van der Waals surface area contributed by atoms with E-state index in [-0.39, 0.29) is 29.4 Å². The Kier molecular flexibility index (Phi) is 5.23. The summed E-state index contributed by atoms with van der Waals surface area (Å²) in [4.78, 5) is 48.6. The average Bonchev–Trinajstić information content (AvgIpc) is 3.41. The third-order valence-corrected chi connectivity index (χ3v) is 6.17. The molecular formula is C19H17N3O8S. The standard InChI is InChI=1S/C19H17N3O8S/c1-8(17(24)21-18-15(16(20)23)9-3-2-4-14(9)31-18)30-19(25)10-5-12-13(29-7-28-12)6-11(10)22(26)27/h5-6,8H,2-4,7H2,1H3,(H2,20,23)(H,21,24)/t8-/m1/s1. The highest BCUT2D eigenvalue weighted by molar-refractivity contribution is 7.17. The second-order valence-corrected chi connectivity index (χ2v) is 8.05. The number of primary amides is 1. The summed E-state index contributed by atoms with van der Waals surface area (Å²) in [5.74, 6) is -2.11. The summed E-state index contributed by atoms with van der Waals surface area (Å²) < 4.78 is 15.4. The van der Waals surface area contributed by atoms with Crippen molar-refractivity contribution >= 4 is 39.8 Å². The van der Waals surface area contributed by atoms with Gasteiger partial charge in [0.25, 0.3) is 17.5 Å². The maximum atomic E-state index is 12.6. The summed E-state index contributed by atoms with van der Waals surface area (Å²) in [5.41, 5.74) is 5.68. The molecule has 0 unspecified atom stereocenters. The summed E-state index contributed by atoms with van der Waals surface area (Å²) in [6, 6.07) is 2.21. The zero-order valence-electron chi connectivity index (χ0n) is 16.3. The molecule has 2 aliphatic rings. The van der Waals surface area contributed by atoms with Crippen LogP contribution in [0.4, 0.5) is 10.7 Å². The number of nitro groups is 1. The predicted molar refractivity (Wildman–Crippen MR) is 108 cm³/mol. The van der Waals surface area contributed by atoms with Gasteiger partial charge in [0.1, 0.15) is 10.6 Å². The lowest BCUT2D eigenvalue weighted by Crippen LogP contribution is -2.30. The molecule has 1 aliphatic heterocycles. The first-order valence-electron chi connectivity index (χ1n) is 9.30. The van der Waals surface area contributed by atoms with E-state index in [1.165, 1.54) is 18.3 Å². The fourth-order valence-corrected chi connectivity index (χ4v) is 4.79. The van der Waals surface area contributed by atoms with Gasteiger partial charge in [0, 0.05) is 10.9 Å². The van der Waals surface area contributed by atoms with Gasteiger partial charge in [-0.15, -0.1) is 11.3 Å². The molecule has 0 saturated heterocycles. The number of aryl methyl sites for hydroxylation is 1. The molecule has 1 atom stereocenters. The Morgan fingerprint density at radius 2 is 1.97 bits per heavy atom. The Balaban J connectivity index is 1.51. The van der Waals surface area contributed by atoms with Crippen molar-refractivity contribution in [3.8, 4) is 11.5 Å². The van der Waals surface area contributed by atoms with E-state index in [9.17, 15) is 24.5 Å². The SMILES string of the molecule is C[C@@H](OC(=O)c1cc2c(cc1[N+](=O)[O-])OCO2)C(=O)Nc1sc2c(c1C(N)=O)CCC2. The van der Waals surface area contributed by atoms with Crippen LogP contribution in [0.15, 0.2) is 12.1 Å². The van der Waals surface area contributed by atoms with E-state index in [2.05, 4.69) is 5.32 Å². The Bertz CT molecular complexity index is 1130. The summed E-state index contributed by atoms with van der Waals surface area (Å²) >= 11 is 1.26. The number of nitrogens with one attached hydrogen (secondary N) is 1. The van der Waals surface area contributed by atoms with Crippen LogP contribution in [0.1, 0.15) is 44.5 Å². The minimum absolute atomic E-state index is 0.128. The van der Waals surface area contributed by atoms with Crippen LogP contribution in [0.2, 0.25) is 0 Å². The van der Waals surface area contributed by atoms with Crippen LogP contribution in [0, 0.1) is 10.1 Å². The average molecular weight is 447 g/mol. The molecular weight excluding hydrogens is 430 g/mol. The van der Waals surface area contributed by atoms with Gasteiger partial charge < -0.3 is 25.3 Å². The molecule has 0 fully saturated rings. The molecule has 0 radical (unpaired) electrons. The number of ether oxygens (including phenoxy) is 3. The number of carbonyl (C=O) groups excluding carboxylic acids is 3. The molecule has 12 heteroatoms. The van der Waals surface area contributed by atoms with E-state index < -0.39 is 34.5 Å². The topological polar surface area (TPSA) is 160 Å². The van der Waals surface area contributed by atoms with Crippen molar-refractivity contribution in [2.45, 2.75) is 32.3 Å². The van der Waals surface area contributed by atoms with Gasteiger partial charge in [0.15, 0.2) is 17.6 Å². The lowest BCUT2D eigenvalue weighted by atomic mass is 10.1. The fraction of sp³-hybridized carbons (Fsp3) is 0.316. The predicted octanol–water partition coefficient (Wildman–Crippen LogP) is 2.16. The van der Waals surface area contributed by atoms with E-state index in [1.54, 1.807) is 0 Å². The molecule has 11 nitrogen and oxygen atoms in total. The number of esters is 1. The summed E-state index contributed by atoms with van der Waals surface area (Å²) in [6.45, 7) is 1.19. The molecule has 0 bridgehead atoms. The van der Waals surface area contributed by atoms with Crippen LogP contribution in [0.5, 0.6) is 11.5 Å². The van der Waals surface area contributed by atoms with Crippen LogP contribution in [0.25, 0.3) is 0 Å². The van der Waals surface area contributed by atoms with Crippen molar-refractivity contribution in [3.63, 3.8) is 0 Å². The number of anilines is 1. The Morgan fingerprint density at radius 3 is 2.65 bits per heavy atom. The number of amides is 2. The maximum Gasteiger partial charge on any atom is 0.346 e. The van der Waals surface area contributed by atoms with Gasteiger partial charge >= 0.3 is 5.97 Å². The van der Waals surface area contributed by atoms with E-state index >= 15 is 0 Å². The highest BCUT2D eigenvalue weighted by atomic mass is 32.1. The number of hydrogen-bond acceptors (Lipinski definition) is 9. The molecule has 2 aromatic rings. The van der Waals surface area contributed by atoms with Crippen molar-refractivity contribution in [2.75, 3.05) is 12.1 Å². The minimum Gasteiger partial charge on any atom is -0.454 e. The highest BCUT2D eigenvalue weighted by Gasteiger charge is 2.31.